The molecular weight excluding hydrogens is 362 g/mol. The third-order valence-corrected chi connectivity index (χ3v) is 4.04. The third-order valence-electron chi connectivity index (χ3n) is 1.88. The maximum absolute atomic E-state index is 6.15. The van der Waals surface area contributed by atoms with Gasteiger partial charge in [-0.1, -0.05) is 35.9 Å². The summed E-state index contributed by atoms with van der Waals surface area (Å²) in [6.07, 6.45) is 0. The lowest BCUT2D eigenvalue weighted by molar-refractivity contribution is 1.66. The highest BCUT2D eigenvalue weighted by atomic mass is 127. The average molecular weight is 367 g/mol. The molecule has 0 aliphatic heterocycles. The van der Waals surface area contributed by atoms with Gasteiger partial charge in [0.2, 0.25) is 0 Å². The zero-order chi connectivity index (χ0) is 9.42. The predicted octanol–water partition coefficient (Wildman–Crippen LogP) is 4.86. The molecule has 13 heavy (non-hydrogen) atoms. The summed E-state index contributed by atoms with van der Waals surface area (Å²) in [7, 11) is 0. The van der Waals surface area contributed by atoms with Crippen LogP contribution in [-0.4, -0.2) is 0 Å². The Balaban J connectivity index is 2.97. The van der Waals surface area contributed by atoms with Gasteiger partial charge in [-0.05, 0) is 50.0 Å². The standard InChI is InChI=1S/C10H5BrClI/c11-8-5-9(13)6-3-1-2-4-7(6)10(8)12/h1-5H. The Morgan fingerprint density at radius 1 is 1.15 bits per heavy atom. The number of fused-ring (bicyclic) bond motifs is 1. The lowest BCUT2D eigenvalue weighted by Crippen LogP contribution is -1.80. The molecule has 2 rings (SSSR count). The Morgan fingerprint density at radius 2 is 1.77 bits per heavy atom. The topological polar surface area (TPSA) is 0 Å². The highest BCUT2D eigenvalue weighted by Crippen LogP contribution is 2.33. The first-order valence-electron chi connectivity index (χ1n) is 3.72. The van der Waals surface area contributed by atoms with Crippen molar-refractivity contribution in [2.75, 3.05) is 0 Å². The Hall–Kier alpha value is 0.200. The largest absolute Gasteiger partial charge is 0.0824 e. The van der Waals surface area contributed by atoms with Crippen LogP contribution in [0, 0.1) is 3.57 Å². The number of hydrogen-bond donors (Lipinski definition) is 0. The van der Waals surface area contributed by atoms with E-state index in [1.165, 1.54) is 8.96 Å². The van der Waals surface area contributed by atoms with Crippen LogP contribution in [0.1, 0.15) is 0 Å². The lowest BCUT2D eigenvalue weighted by atomic mass is 10.1. The van der Waals surface area contributed by atoms with E-state index in [-0.39, 0.29) is 0 Å². The summed E-state index contributed by atoms with van der Waals surface area (Å²) in [5, 5.41) is 3.09. The van der Waals surface area contributed by atoms with Gasteiger partial charge < -0.3 is 0 Å². The third kappa shape index (κ3) is 1.72. The van der Waals surface area contributed by atoms with E-state index in [9.17, 15) is 0 Å². The van der Waals surface area contributed by atoms with E-state index in [2.05, 4.69) is 44.6 Å². The number of halogens is 3. The molecule has 0 N–H and O–H groups in total. The van der Waals surface area contributed by atoms with Gasteiger partial charge in [-0.3, -0.25) is 0 Å². The van der Waals surface area contributed by atoms with Crippen molar-refractivity contribution in [3.63, 3.8) is 0 Å². The first-order valence-corrected chi connectivity index (χ1v) is 5.97. The van der Waals surface area contributed by atoms with Gasteiger partial charge in [0.1, 0.15) is 0 Å². The van der Waals surface area contributed by atoms with E-state index in [1.54, 1.807) is 0 Å². The minimum atomic E-state index is 0.788. The smallest absolute Gasteiger partial charge is 0.0627 e. The maximum atomic E-state index is 6.15. The van der Waals surface area contributed by atoms with Gasteiger partial charge in [0.15, 0.2) is 0 Å². The van der Waals surface area contributed by atoms with E-state index in [1.807, 2.05) is 24.3 Å². The Bertz CT molecular complexity index is 468. The van der Waals surface area contributed by atoms with Gasteiger partial charge in [0, 0.05) is 13.4 Å². The van der Waals surface area contributed by atoms with E-state index < -0.39 is 0 Å². The number of benzene rings is 2. The molecular formula is C10H5BrClI. The normalized spacial score (nSPS) is 10.7. The van der Waals surface area contributed by atoms with Gasteiger partial charge in [-0.25, -0.2) is 0 Å². The summed E-state index contributed by atoms with van der Waals surface area (Å²) in [5.41, 5.74) is 0. The molecule has 0 spiro atoms. The molecule has 66 valence electrons. The van der Waals surface area contributed by atoms with Crippen LogP contribution in [-0.2, 0) is 0 Å². The van der Waals surface area contributed by atoms with Crippen LogP contribution >= 0.6 is 50.1 Å². The molecule has 0 fully saturated rings. The molecule has 0 saturated carbocycles. The Labute approximate surface area is 104 Å². The van der Waals surface area contributed by atoms with Crippen molar-refractivity contribution < 1.29 is 0 Å². The molecule has 0 bridgehead atoms. The van der Waals surface area contributed by atoms with E-state index in [4.69, 9.17) is 11.6 Å². The van der Waals surface area contributed by atoms with Crippen LogP contribution < -0.4 is 0 Å². The molecule has 2 aromatic carbocycles. The summed E-state index contributed by atoms with van der Waals surface area (Å²) in [4.78, 5) is 0. The molecule has 0 amide bonds. The SMILES string of the molecule is Clc1c(Br)cc(I)c2ccccc12. The minimum absolute atomic E-state index is 0.788. The second-order valence-corrected chi connectivity index (χ2v) is 5.09. The summed E-state index contributed by atoms with van der Waals surface area (Å²) in [6, 6.07) is 10.2. The fourth-order valence-corrected chi connectivity index (χ4v) is 3.14. The first-order chi connectivity index (χ1) is 6.20. The van der Waals surface area contributed by atoms with Crippen molar-refractivity contribution in [3.8, 4) is 0 Å². The fourth-order valence-electron chi connectivity index (χ4n) is 1.26. The van der Waals surface area contributed by atoms with Gasteiger partial charge in [-0.15, -0.1) is 0 Å². The molecule has 0 heterocycles. The number of rotatable bonds is 0. The van der Waals surface area contributed by atoms with Crippen molar-refractivity contribution in [3.05, 3.63) is 43.4 Å². The van der Waals surface area contributed by atoms with Crippen LogP contribution in [0.3, 0.4) is 0 Å². The van der Waals surface area contributed by atoms with Crippen LogP contribution in [0.2, 0.25) is 5.02 Å². The van der Waals surface area contributed by atoms with Crippen molar-refractivity contribution in [1.29, 1.82) is 0 Å². The highest BCUT2D eigenvalue weighted by molar-refractivity contribution is 14.1. The second kappa shape index (κ2) is 3.75. The zero-order valence-corrected chi connectivity index (χ0v) is 11.0. The molecule has 0 saturated heterocycles. The van der Waals surface area contributed by atoms with Crippen molar-refractivity contribution in [2.24, 2.45) is 0 Å². The molecule has 0 atom stereocenters. The monoisotopic (exact) mass is 366 g/mol. The quantitative estimate of drug-likeness (QED) is 0.461. The van der Waals surface area contributed by atoms with Gasteiger partial charge in [0.25, 0.3) is 0 Å². The molecule has 0 radical (unpaired) electrons. The van der Waals surface area contributed by atoms with Crippen LogP contribution in [0.5, 0.6) is 0 Å². The molecule has 0 unspecified atom stereocenters. The molecule has 0 nitrogen and oxygen atoms in total. The predicted molar refractivity (Wildman–Crippen MR) is 69.4 cm³/mol. The van der Waals surface area contributed by atoms with Crippen molar-refractivity contribution >= 4 is 60.9 Å². The average Bonchev–Trinajstić information content (AvgIpc) is 2.15. The van der Waals surface area contributed by atoms with Crippen LogP contribution in [0.15, 0.2) is 34.8 Å². The van der Waals surface area contributed by atoms with Crippen LogP contribution in [0.25, 0.3) is 10.8 Å². The van der Waals surface area contributed by atoms with E-state index in [0.29, 0.717) is 0 Å². The van der Waals surface area contributed by atoms with E-state index >= 15 is 0 Å². The van der Waals surface area contributed by atoms with Crippen molar-refractivity contribution in [2.45, 2.75) is 0 Å². The summed E-state index contributed by atoms with van der Waals surface area (Å²) >= 11 is 11.9. The minimum Gasteiger partial charge on any atom is -0.0824 e. The maximum Gasteiger partial charge on any atom is 0.0627 e. The molecule has 0 aromatic heterocycles. The van der Waals surface area contributed by atoms with E-state index in [0.717, 1.165) is 14.9 Å². The van der Waals surface area contributed by atoms with Gasteiger partial charge >= 0.3 is 0 Å². The second-order valence-electron chi connectivity index (χ2n) is 2.70. The molecule has 0 aliphatic rings. The fraction of sp³-hybridized carbons (Fsp3) is 0. The number of hydrogen-bond acceptors (Lipinski definition) is 0. The van der Waals surface area contributed by atoms with Crippen LogP contribution in [0.4, 0.5) is 0 Å². The summed E-state index contributed by atoms with van der Waals surface area (Å²) in [5.74, 6) is 0. The zero-order valence-electron chi connectivity index (χ0n) is 6.52. The Kier molecular flexibility index (Phi) is 2.81. The highest BCUT2D eigenvalue weighted by Gasteiger charge is 2.05. The summed E-state index contributed by atoms with van der Waals surface area (Å²) in [6.45, 7) is 0. The van der Waals surface area contributed by atoms with Gasteiger partial charge in [0.05, 0.1) is 5.02 Å². The first kappa shape index (κ1) is 9.74. The summed E-state index contributed by atoms with van der Waals surface area (Å²) < 4.78 is 2.17. The Morgan fingerprint density at radius 3 is 2.46 bits per heavy atom. The lowest BCUT2D eigenvalue weighted by Gasteiger charge is -2.04. The molecule has 2 aromatic rings. The van der Waals surface area contributed by atoms with Gasteiger partial charge in [-0.2, -0.15) is 0 Å². The molecule has 0 aliphatic carbocycles. The van der Waals surface area contributed by atoms with Crippen molar-refractivity contribution in [1.82, 2.24) is 0 Å². The molecule has 3 heteroatoms.